The van der Waals surface area contributed by atoms with Gasteiger partial charge in [0.25, 0.3) is 20.0 Å². The van der Waals surface area contributed by atoms with Gasteiger partial charge in [-0.1, -0.05) is 48.0 Å². The van der Waals surface area contributed by atoms with Gasteiger partial charge in [0, 0.05) is 0 Å². The molecule has 12 heteroatoms. The van der Waals surface area contributed by atoms with Crippen LogP contribution in [0.15, 0.2) is 75.8 Å². The predicted molar refractivity (Wildman–Crippen MR) is 115 cm³/mol. The van der Waals surface area contributed by atoms with E-state index in [-0.39, 0.29) is 19.1 Å². The molecule has 3 aromatic rings. The summed E-state index contributed by atoms with van der Waals surface area (Å²) in [6.45, 7) is 1.63. The van der Waals surface area contributed by atoms with Gasteiger partial charge >= 0.3 is 6.03 Å². The van der Waals surface area contributed by atoms with Crippen LogP contribution in [-0.2, 0) is 20.0 Å². The Bertz CT molecular complexity index is 1280. The van der Waals surface area contributed by atoms with E-state index < -0.39 is 26.1 Å². The van der Waals surface area contributed by atoms with Crippen LogP contribution in [0.3, 0.4) is 0 Å². The summed E-state index contributed by atoms with van der Waals surface area (Å²) in [5, 5.41) is 0. The second-order valence-electron chi connectivity index (χ2n) is 5.96. The molecule has 2 amide bonds. The minimum atomic E-state index is -4.34. The lowest BCUT2D eigenvalue weighted by molar-refractivity contribution is 0.248. The Kier molecular flexibility index (Phi) is 6.48. The van der Waals surface area contributed by atoms with Gasteiger partial charge in [0.2, 0.25) is 0 Å². The fraction of sp³-hybridized carbons (Fsp3) is 0.0556. The summed E-state index contributed by atoms with van der Waals surface area (Å²) in [6, 6.07) is 15.1. The lowest BCUT2D eigenvalue weighted by atomic mass is 10.2. The molecule has 2 N–H and O–H groups in total. The molecule has 3 rings (SSSR count). The van der Waals surface area contributed by atoms with E-state index in [1.165, 1.54) is 42.5 Å². The fourth-order valence-corrected chi connectivity index (χ4v) is 6.25. The fourth-order valence-electron chi connectivity index (χ4n) is 2.49. The van der Waals surface area contributed by atoms with Crippen LogP contribution in [0, 0.1) is 6.92 Å². The minimum Gasteiger partial charge on any atom is -0.258 e. The highest BCUT2D eigenvalue weighted by Gasteiger charge is 2.33. The van der Waals surface area contributed by atoms with E-state index in [2.05, 4.69) is 0 Å². The van der Waals surface area contributed by atoms with Crippen LogP contribution in [-0.4, -0.2) is 22.9 Å². The third-order valence-corrected chi connectivity index (χ3v) is 8.59. The summed E-state index contributed by atoms with van der Waals surface area (Å²) in [7, 11) is -8.48. The predicted octanol–water partition coefficient (Wildman–Crippen LogP) is 3.51. The smallest absolute Gasteiger partial charge is 0.258 e. The zero-order chi connectivity index (χ0) is 21.9. The van der Waals surface area contributed by atoms with Gasteiger partial charge in [-0.05, 0) is 42.8 Å². The zero-order valence-corrected chi connectivity index (χ0v) is 18.6. The van der Waals surface area contributed by atoms with Crippen molar-refractivity contribution in [3.05, 3.63) is 76.6 Å². The van der Waals surface area contributed by atoms with Crippen molar-refractivity contribution < 1.29 is 21.6 Å². The molecule has 2 aromatic carbocycles. The number of carbonyl (C=O) groups is 1. The largest absolute Gasteiger partial charge is 0.351 e. The lowest BCUT2D eigenvalue weighted by Crippen LogP contribution is -2.51. The van der Waals surface area contributed by atoms with E-state index >= 15 is 0 Å². The first kappa shape index (κ1) is 22.2. The Morgan fingerprint density at radius 2 is 1.57 bits per heavy atom. The van der Waals surface area contributed by atoms with Crippen LogP contribution < -0.4 is 14.6 Å². The molecule has 158 valence electrons. The van der Waals surface area contributed by atoms with E-state index in [4.69, 9.17) is 11.6 Å². The Balaban J connectivity index is 1.97. The van der Waals surface area contributed by atoms with Crippen molar-refractivity contribution in [2.45, 2.75) is 16.0 Å². The van der Waals surface area contributed by atoms with Crippen LogP contribution >= 0.6 is 22.9 Å². The number of urea groups is 1. The van der Waals surface area contributed by atoms with E-state index in [9.17, 15) is 21.6 Å². The highest BCUT2D eigenvalue weighted by Crippen LogP contribution is 2.27. The van der Waals surface area contributed by atoms with Gasteiger partial charge in [0.15, 0.2) is 0 Å². The van der Waals surface area contributed by atoms with Crippen molar-refractivity contribution in [3.63, 3.8) is 0 Å². The van der Waals surface area contributed by atoms with Crippen LogP contribution in [0.4, 0.5) is 10.5 Å². The highest BCUT2D eigenvalue weighted by molar-refractivity contribution is 7.93. The number of hydrogen-bond acceptors (Lipinski definition) is 6. The maximum absolute atomic E-state index is 13.2. The van der Waals surface area contributed by atoms with Crippen molar-refractivity contribution in [2.24, 2.45) is 0 Å². The maximum Gasteiger partial charge on any atom is 0.351 e. The summed E-state index contributed by atoms with van der Waals surface area (Å²) in [5.74, 6) is 0. The normalized spacial score (nSPS) is 11.8. The molecule has 1 aromatic heterocycles. The number of amides is 2. The van der Waals surface area contributed by atoms with Crippen LogP contribution in [0.2, 0.25) is 4.34 Å². The van der Waals surface area contributed by atoms with Crippen LogP contribution in [0.25, 0.3) is 0 Å². The van der Waals surface area contributed by atoms with Gasteiger partial charge in [-0.2, -0.15) is 4.31 Å². The van der Waals surface area contributed by atoms with Crippen molar-refractivity contribution in [3.8, 4) is 0 Å². The number of nitrogens with one attached hydrogen (secondary N) is 2. The first-order valence-corrected chi connectivity index (χ1v) is 12.5. The van der Waals surface area contributed by atoms with E-state index in [0.29, 0.717) is 9.87 Å². The van der Waals surface area contributed by atoms with Gasteiger partial charge in [-0.3, -0.25) is 5.43 Å². The molecule has 0 bridgehead atoms. The standard InChI is InChI=1S/C18H16ClN3O5S3/c1-13-7-5-6-10-15(13)22(30(26,27)14-8-3-2-4-9-14)18(23)20-21-29(24,25)17-12-11-16(19)28-17/h2-12,21H,1H3,(H,20,23). The Hall–Kier alpha value is -2.44. The molecule has 0 saturated carbocycles. The van der Waals surface area contributed by atoms with E-state index in [1.54, 1.807) is 31.2 Å². The molecule has 0 aliphatic rings. The molecule has 0 aliphatic carbocycles. The summed E-state index contributed by atoms with van der Waals surface area (Å²) in [5.41, 5.74) is 2.55. The number of halogens is 1. The summed E-state index contributed by atoms with van der Waals surface area (Å²) in [4.78, 5) is 14.7. The molecular formula is C18H16ClN3O5S3. The Morgan fingerprint density at radius 3 is 2.17 bits per heavy atom. The lowest BCUT2D eigenvalue weighted by Gasteiger charge is -2.24. The number of benzene rings is 2. The van der Waals surface area contributed by atoms with Gasteiger partial charge in [0.05, 0.1) is 14.9 Å². The first-order valence-electron chi connectivity index (χ1n) is 8.36. The quantitative estimate of drug-likeness (QED) is 0.519. The van der Waals surface area contributed by atoms with E-state index in [0.717, 1.165) is 11.3 Å². The summed E-state index contributed by atoms with van der Waals surface area (Å²) < 4.78 is 51.7. The third kappa shape index (κ3) is 4.65. The van der Waals surface area contributed by atoms with Crippen LogP contribution in [0.1, 0.15) is 5.56 Å². The monoisotopic (exact) mass is 485 g/mol. The first-order chi connectivity index (χ1) is 14.1. The number of hydrazine groups is 1. The molecule has 0 atom stereocenters. The maximum atomic E-state index is 13.2. The molecule has 0 saturated heterocycles. The molecule has 0 fully saturated rings. The number of aryl methyl sites for hydroxylation is 1. The van der Waals surface area contributed by atoms with Crippen molar-refractivity contribution in [2.75, 3.05) is 4.31 Å². The minimum absolute atomic E-state index is 0.0808. The number of para-hydroxylation sites is 1. The van der Waals surface area contributed by atoms with Gasteiger partial charge < -0.3 is 0 Å². The number of hydrogen-bond donors (Lipinski definition) is 2. The second-order valence-corrected chi connectivity index (χ2v) is 11.4. The Morgan fingerprint density at radius 1 is 0.933 bits per heavy atom. The average molecular weight is 486 g/mol. The van der Waals surface area contributed by atoms with Crippen LogP contribution in [0.5, 0.6) is 0 Å². The SMILES string of the molecule is Cc1ccccc1N(C(=O)NNS(=O)(=O)c1ccc(Cl)s1)S(=O)(=O)c1ccccc1. The molecule has 1 heterocycles. The number of anilines is 1. The molecular weight excluding hydrogens is 470 g/mol. The topological polar surface area (TPSA) is 113 Å². The molecule has 0 radical (unpaired) electrons. The molecule has 0 unspecified atom stereocenters. The van der Waals surface area contributed by atoms with Gasteiger partial charge in [0.1, 0.15) is 4.21 Å². The molecule has 8 nitrogen and oxygen atoms in total. The number of rotatable bonds is 6. The van der Waals surface area contributed by atoms with E-state index in [1.807, 2.05) is 10.3 Å². The Labute approximate surface area is 183 Å². The average Bonchev–Trinajstić information content (AvgIpc) is 3.16. The molecule has 0 spiro atoms. The van der Waals surface area contributed by atoms with Crippen molar-refractivity contribution >= 4 is 54.7 Å². The zero-order valence-electron chi connectivity index (χ0n) is 15.4. The summed E-state index contributed by atoms with van der Waals surface area (Å²) >= 11 is 6.54. The summed E-state index contributed by atoms with van der Waals surface area (Å²) in [6.07, 6.45) is 0. The third-order valence-electron chi connectivity index (χ3n) is 3.91. The second kappa shape index (κ2) is 8.74. The number of carbonyl (C=O) groups excluding carboxylic acids is 1. The number of thiophene rings is 1. The van der Waals surface area contributed by atoms with Gasteiger partial charge in [-0.15, -0.1) is 16.2 Å². The number of sulfonamides is 2. The number of nitrogens with zero attached hydrogens (tertiary/aromatic N) is 1. The van der Waals surface area contributed by atoms with Gasteiger partial charge in [-0.25, -0.2) is 21.6 Å². The molecule has 30 heavy (non-hydrogen) atoms. The van der Waals surface area contributed by atoms with Crippen molar-refractivity contribution in [1.29, 1.82) is 0 Å². The van der Waals surface area contributed by atoms with Crippen molar-refractivity contribution in [1.82, 2.24) is 10.3 Å². The highest BCUT2D eigenvalue weighted by atomic mass is 35.5. The molecule has 0 aliphatic heterocycles.